The summed E-state index contributed by atoms with van der Waals surface area (Å²) in [5.41, 5.74) is 4.92. The predicted molar refractivity (Wildman–Crippen MR) is 111 cm³/mol. The van der Waals surface area contributed by atoms with Crippen LogP contribution in [-0.4, -0.2) is 37.5 Å². The lowest BCUT2D eigenvalue weighted by atomic mass is 10.1. The molecule has 0 aliphatic carbocycles. The second kappa shape index (κ2) is 9.12. The molecule has 0 bridgehead atoms. The minimum Gasteiger partial charge on any atom is -0.365 e. The summed E-state index contributed by atoms with van der Waals surface area (Å²) in [4.78, 5) is 1.56. The maximum Gasteiger partial charge on any atom is 0.170 e. The summed E-state index contributed by atoms with van der Waals surface area (Å²) < 4.78 is 5.92. The van der Waals surface area contributed by atoms with Gasteiger partial charge in [0.05, 0.1) is 6.61 Å². The topological polar surface area (TPSA) is 37.7 Å². The molecule has 1 heterocycles. The van der Waals surface area contributed by atoms with Crippen LogP contribution >= 0.6 is 12.2 Å². The zero-order valence-corrected chi connectivity index (χ0v) is 16.4. The molecule has 5 heteroatoms. The average molecular weight is 371 g/mol. The van der Waals surface area contributed by atoms with E-state index in [0.717, 1.165) is 38.5 Å². The van der Waals surface area contributed by atoms with Gasteiger partial charge in [0.15, 0.2) is 5.11 Å². The van der Waals surface area contributed by atoms with Gasteiger partial charge in [-0.15, -0.1) is 0 Å². The van der Waals surface area contributed by atoms with Crippen molar-refractivity contribution in [2.45, 2.75) is 26.5 Å². The fourth-order valence-electron chi connectivity index (χ4n) is 3.29. The van der Waals surface area contributed by atoms with E-state index in [4.69, 9.17) is 17.0 Å². The summed E-state index contributed by atoms with van der Waals surface area (Å²) in [5.74, 6) is 0. The molecule has 1 aliphatic rings. The van der Waals surface area contributed by atoms with Gasteiger partial charge in [0.2, 0.25) is 0 Å². The highest BCUT2D eigenvalue weighted by molar-refractivity contribution is 7.80. The van der Waals surface area contributed by atoms with E-state index in [2.05, 4.69) is 66.9 Å². The lowest BCUT2D eigenvalue weighted by molar-refractivity contribution is -0.925. The Balaban J connectivity index is 1.46. The molecular formula is C21H28N3OS+. The van der Waals surface area contributed by atoms with Crippen LogP contribution in [0, 0.1) is 13.8 Å². The minimum absolute atomic E-state index is 0.181. The van der Waals surface area contributed by atoms with E-state index < -0.39 is 0 Å². The van der Waals surface area contributed by atoms with E-state index >= 15 is 0 Å². The van der Waals surface area contributed by atoms with Crippen molar-refractivity contribution in [1.82, 2.24) is 5.32 Å². The molecule has 3 N–H and O–H groups in total. The van der Waals surface area contributed by atoms with Gasteiger partial charge in [-0.05, 0) is 43.3 Å². The van der Waals surface area contributed by atoms with Gasteiger partial charge >= 0.3 is 0 Å². The third-order valence-electron chi connectivity index (χ3n) is 4.97. The van der Waals surface area contributed by atoms with Crippen LogP contribution in [0.3, 0.4) is 0 Å². The Labute approximate surface area is 161 Å². The zero-order chi connectivity index (χ0) is 18.4. The number of nitrogens with one attached hydrogen (secondary N) is 3. The van der Waals surface area contributed by atoms with E-state index in [1.807, 2.05) is 6.07 Å². The summed E-state index contributed by atoms with van der Waals surface area (Å²) in [6.07, 6.45) is 0.181. The predicted octanol–water partition coefficient (Wildman–Crippen LogP) is 2.07. The van der Waals surface area contributed by atoms with Gasteiger partial charge in [0.25, 0.3) is 0 Å². The molecule has 1 saturated heterocycles. The summed E-state index contributed by atoms with van der Waals surface area (Å²) in [5, 5.41) is 7.26. The maximum absolute atomic E-state index is 5.92. The third kappa shape index (κ3) is 5.27. The van der Waals surface area contributed by atoms with Crippen LogP contribution in [0.4, 0.5) is 5.69 Å². The van der Waals surface area contributed by atoms with Crippen LogP contribution in [0.2, 0.25) is 0 Å². The number of quaternary nitrogens is 1. The Morgan fingerprint density at radius 2 is 1.96 bits per heavy atom. The normalized spacial score (nSPS) is 19.8. The fourth-order valence-corrected chi connectivity index (χ4v) is 3.48. The number of ether oxygens (including phenoxy) is 1. The second-order valence-corrected chi connectivity index (χ2v) is 7.35. The van der Waals surface area contributed by atoms with Crippen LogP contribution in [0.15, 0.2) is 48.5 Å². The van der Waals surface area contributed by atoms with Crippen molar-refractivity contribution in [2.24, 2.45) is 0 Å². The van der Waals surface area contributed by atoms with E-state index in [9.17, 15) is 0 Å². The number of hydrogen-bond acceptors (Lipinski definition) is 2. The van der Waals surface area contributed by atoms with E-state index in [1.165, 1.54) is 16.7 Å². The van der Waals surface area contributed by atoms with Crippen LogP contribution in [-0.2, 0) is 11.3 Å². The number of thiocarbonyl (C=S) groups is 1. The van der Waals surface area contributed by atoms with E-state index in [-0.39, 0.29) is 6.10 Å². The first-order chi connectivity index (χ1) is 12.6. The van der Waals surface area contributed by atoms with Crippen molar-refractivity contribution in [3.63, 3.8) is 0 Å². The molecule has 2 aromatic carbocycles. The number of benzene rings is 2. The molecule has 2 aromatic rings. The Bertz CT molecular complexity index is 735. The maximum atomic E-state index is 5.92. The molecule has 0 amide bonds. The van der Waals surface area contributed by atoms with Crippen LogP contribution in [0.25, 0.3) is 0 Å². The van der Waals surface area contributed by atoms with Crippen molar-refractivity contribution >= 4 is 23.0 Å². The first-order valence-corrected chi connectivity index (χ1v) is 9.63. The van der Waals surface area contributed by atoms with Gasteiger partial charge in [0.1, 0.15) is 25.7 Å². The summed E-state index contributed by atoms with van der Waals surface area (Å²) in [6, 6.07) is 16.9. The molecule has 2 atom stereocenters. The Kier molecular flexibility index (Phi) is 6.61. The zero-order valence-electron chi connectivity index (χ0n) is 15.5. The molecular weight excluding hydrogens is 342 g/mol. The first-order valence-electron chi connectivity index (χ1n) is 9.22. The van der Waals surface area contributed by atoms with Gasteiger partial charge < -0.3 is 20.3 Å². The number of aryl methyl sites for hydroxylation is 1. The Hall–Kier alpha value is -1.95. The van der Waals surface area contributed by atoms with Gasteiger partial charge in [-0.1, -0.05) is 42.5 Å². The number of hydrogen-bond donors (Lipinski definition) is 3. The summed E-state index contributed by atoms with van der Waals surface area (Å²) in [6.45, 7) is 8.84. The van der Waals surface area contributed by atoms with Crippen LogP contribution < -0.4 is 15.5 Å². The summed E-state index contributed by atoms with van der Waals surface area (Å²) in [7, 11) is 0. The lowest BCUT2D eigenvalue weighted by Crippen LogP contribution is -3.13. The molecule has 138 valence electrons. The second-order valence-electron chi connectivity index (χ2n) is 6.94. The van der Waals surface area contributed by atoms with E-state index in [1.54, 1.807) is 4.90 Å². The smallest absolute Gasteiger partial charge is 0.170 e. The minimum atomic E-state index is 0.181. The standard InChI is InChI=1S/C21H27N3OS/c1-16-7-6-10-20(17(16)2)23-21(26)22-13-19-15-24(11-12-25-19)14-18-8-4-3-5-9-18/h3-10,19H,11-15H2,1-2H3,(H2,22,23,26)/p+1/t19-/m1/s1. The van der Waals surface area contributed by atoms with E-state index in [0.29, 0.717) is 5.11 Å². The largest absolute Gasteiger partial charge is 0.365 e. The highest BCUT2D eigenvalue weighted by atomic mass is 32.1. The molecule has 26 heavy (non-hydrogen) atoms. The van der Waals surface area contributed by atoms with Gasteiger partial charge in [0, 0.05) is 17.8 Å². The highest BCUT2D eigenvalue weighted by Gasteiger charge is 2.23. The van der Waals surface area contributed by atoms with Crippen molar-refractivity contribution in [3.05, 3.63) is 65.2 Å². The SMILES string of the molecule is Cc1cccc(NC(=S)NC[C@@H]2C[NH+](Cc3ccccc3)CCO2)c1C. The molecule has 0 saturated carbocycles. The molecule has 4 nitrogen and oxygen atoms in total. The van der Waals surface area contributed by atoms with Crippen molar-refractivity contribution in [3.8, 4) is 0 Å². The Morgan fingerprint density at radius 3 is 2.77 bits per heavy atom. The van der Waals surface area contributed by atoms with Crippen LogP contribution in [0.5, 0.6) is 0 Å². The first kappa shape index (κ1) is 18.8. The number of morpholine rings is 1. The van der Waals surface area contributed by atoms with Crippen molar-refractivity contribution in [1.29, 1.82) is 0 Å². The quantitative estimate of drug-likeness (QED) is 0.705. The Morgan fingerprint density at radius 1 is 1.15 bits per heavy atom. The van der Waals surface area contributed by atoms with Gasteiger partial charge in [-0.3, -0.25) is 0 Å². The van der Waals surface area contributed by atoms with Crippen LogP contribution in [0.1, 0.15) is 16.7 Å². The molecule has 1 fully saturated rings. The molecule has 3 rings (SSSR count). The fraction of sp³-hybridized carbons (Fsp3) is 0.381. The molecule has 0 radical (unpaired) electrons. The van der Waals surface area contributed by atoms with Gasteiger partial charge in [-0.2, -0.15) is 0 Å². The van der Waals surface area contributed by atoms with Crippen molar-refractivity contribution < 1.29 is 9.64 Å². The molecule has 0 spiro atoms. The molecule has 0 aromatic heterocycles. The van der Waals surface area contributed by atoms with Crippen molar-refractivity contribution in [2.75, 3.05) is 31.6 Å². The average Bonchev–Trinajstić information content (AvgIpc) is 2.65. The molecule has 1 unspecified atom stereocenters. The highest BCUT2D eigenvalue weighted by Crippen LogP contribution is 2.17. The number of rotatable bonds is 5. The number of anilines is 1. The lowest BCUT2D eigenvalue weighted by Gasteiger charge is -2.30. The monoisotopic (exact) mass is 370 g/mol. The third-order valence-corrected chi connectivity index (χ3v) is 5.21. The van der Waals surface area contributed by atoms with Gasteiger partial charge in [-0.25, -0.2) is 0 Å². The summed E-state index contributed by atoms with van der Waals surface area (Å²) >= 11 is 5.46. The molecule has 1 aliphatic heterocycles.